The fourth-order valence-electron chi connectivity index (χ4n) is 3.08. The number of carbonyl (C=O) groups is 2. The van der Waals surface area contributed by atoms with Crippen LogP contribution >= 0.6 is 23.4 Å². The molecule has 0 fully saturated rings. The Morgan fingerprint density at radius 3 is 2.75 bits per heavy atom. The van der Waals surface area contributed by atoms with E-state index < -0.39 is 11.9 Å². The number of hydrogen-bond donors (Lipinski definition) is 1. The Bertz CT molecular complexity index is 900. The number of halogens is 1. The van der Waals surface area contributed by atoms with Gasteiger partial charge in [-0.1, -0.05) is 17.7 Å². The van der Waals surface area contributed by atoms with Crippen LogP contribution in [0.25, 0.3) is 0 Å². The second kappa shape index (κ2) is 9.34. The zero-order valence-corrected chi connectivity index (χ0v) is 17.4. The molecule has 0 heterocycles. The van der Waals surface area contributed by atoms with Crippen LogP contribution in [0.5, 0.6) is 5.75 Å². The number of ether oxygens (including phenoxy) is 2. The number of fused-ring (bicyclic) bond motifs is 1. The third-order valence-electron chi connectivity index (χ3n) is 4.55. The maximum atomic E-state index is 12.1. The lowest BCUT2D eigenvalue weighted by Crippen LogP contribution is -2.22. The van der Waals surface area contributed by atoms with Crippen molar-refractivity contribution in [2.24, 2.45) is 0 Å². The quantitative estimate of drug-likeness (QED) is 0.531. The Hall–Kier alpha value is -2.18. The number of benzene rings is 2. The van der Waals surface area contributed by atoms with Crippen molar-refractivity contribution >= 4 is 40.9 Å². The van der Waals surface area contributed by atoms with Gasteiger partial charge in [0.2, 0.25) is 0 Å². The highest BCUT2D eigenvalue weighted by Crippen LogP contribution is 2.31. The van der Waals surface area contributed by atoms with Crippen molar-refractivity contribution in [3.8, 4) is 5.75 Å². The molecule has 1 aliphatic carbocycles. The van der Waals surface area contributed by atoms with Crippen LogP contribution in [0.3, 0.4) is 0 Å². The minimum absolute atomic E-state index is 0.162. The number of hydrogen-bond acceptors (Lipinski definition) is 5. The van der Waals surface area contributed by atoms with E-state index in [1.165, 1.54) is 36.4 Å². The van der Waals surface area contributed by atoms with Crippen molar-refractivity contribution in [2.45, 2.75) is 31.1 Å². The molecule has 0 unspecified atom stereocenters. The van der Waals surface area contributed by atoms with Crippen LogP contribution in [0.2, 0.25) is 5.02 Å². The summed E-state index contributed by atoms with van der Waals surface area (Å²) < 4.78 is 10.3. The first-order valence-corrected chi connectivity index (χ1v) is 10.4. The van der Waals surface area contributed by atoms with E-state index >= 15 is 0 Å². The van der Waals surface area contributed by atoms with E-state index in [2.05, 4.69) is 17.4 Å². The van der Waals surface area contributed by atoms with Crippen molar-refractivity contribution in [1.29, 1.82) is 0 Å². The average Bonchev–Trinajstić information content (AvgIpc) is 3.15. The smallest absolute Gasteiger partial charge is 0.316 e. The average molecular weight is 420 g/mol. The monoisotopic (exact) mass is 419 g/mol. The van der Waals surface area contributed by atoms with Gasteiger partial charge in [-0.15, -0.1) is 11.8 Å². The van der Waals surface area contributed by atoms with Crippen molar-refractivity contribution in [2.75, 3.05) is 24.8 Å². The van der Waals surface area contributed by atoms with Gasteiger partial charge in [-0.25, -0.2) is 0 Å². The Balaban J connectivity index is 1.47. The minimum Gasteiger partial charge on any atom is -0.495 e. The largest absolute Gasteiger partial charge is 0.495 e. The van der Waals surface area contributed by atoms with Gasteiger partial charge in [-0.2, -0.15) is 0 Å². The van der Waals surface area contributed by atoms with Crippen LogP contribution < -0.4 is 10.1 Å². The number of carbonyl (C=O) groups excluding carboxylic acids is 2. The van der Waals surface area contributed by atoms with Gasteiger partial charge >= 0.3 is 5.97 Å². The lowest BCUT2D eigenvalue weighted by atomic mass is 10.1. The van der Waals surface area contributed by atoms with Crippen LogP contribution in [-0.2, 0) is 27.2 Å². The molecule has 148 valence electrons. The van der Waals surface area contributed by atoms with Crippen molar-refractivity contribution in [3.05, 3.63) is 52.0 Å². The third kappa shape index (κ3) is 5.20. The van der Waals surface area contributed by atoms with Crippen molar-refractivity contribution in [1.82, 2.24) is 0 Å². The summed E-state index contributed by atoms with van der Waals surface area (Å²) in [5, 5.41) is 3.23. The Labute approximate surface area is 173 Å². The number of thioether (sulfide) groups is 1. The number of aryl methyl sites for hydroxylation is 3. The molecule has 0 spiro atoms. The summed E-state index contributed by atoms with van der Waals surface area (Å²) in [6.07, 6.45) is 3.43. The molecule has 0 aromatic heterocycles. The topological polar surface area (TPSA) is 64.6 Å². The maximum Gasteiger partial charge on any atom is 0.316 e. The molecular formula is C21H22ClNO4S. The maximum absolute atomic E-state index is 12.1. The fourth-order valence-corrected chi connectivity index (χ4v) is 4.00. The normalized spacial score (nSPS) is 12.4. The number of nitrogens with one attached hydrogen (secondary N) is 1. The first kappa shape index (κ1) is 20.6. The highest BCUT2D eigenvalue weighted by molar-refractivity contribution is 8.00. The molecule has 0 bridgehead atoms. The van der Waals surface area contributed by atoms with Crippen LogP contribution in [0.15, 0.2) is 35.2 Å². The molecule has 0 aliphatic heterocycles. The summed E-state index contributed by atoms with van der Waals surface area (Å²) in [5.74, 6) is -0.256. The SMILES string of the molecule is COc1cc(Cl)c(C)cc1NC(=O)COC(=O)CSc1ccc2c(c1)CCC2. The first-order valence-electron chi connectivity index (χ1n) is 9.00. The van der Waals surface area contributed by atoms with E-state index in [1.54, 1.807) is 12.1 Å². The molecule has 0 radical (unpaired) electrons. The predicted molar refractivity (Wildman–Crippen MR) is 112 cm³/mol. The lowest BCUT2D eigenvalue weighted by molar-refractivity contribution is -0.144. The highest BCUT2D eigenvalue weighted by Gasteiger charge is 2.14. The molecule has 0 saturated carbocycles. The molecule has 28 heavy (non-hydrogen) atoms. The second-order valence-corrected chi connectivity index (χ2v) is 8.04. The van der Waals surface area contributed by atoms with Crippen LogP contribution in [0, 0.1) is 6.92 Å². The molecular weight excluding hydrogens is 398 g/mol. The summed E-state index contributed by atoms with van der Waals surface area (Å²) in [5.41, 5.74) is 4.06. The molecule has 3 rings (SSSR count). The summed E-state index contributed by atoms with van der Waals surface area (Å²) in [4.78, 5) is 25.1. The predicted octanol–water partition coefficient (Wildman–Crippen LogP) is 4.42. The molecule has 2 aromatic rings. The summed E-state index contributed by atoms with van der Waals surface area (Å²) in [7, 11) is 1.49. The Morgan fingerprint density at radius 1 is 1.18 bits per heavy atom. The lowest BCUT2D eigenvalue weighted by Gasteiger charge is -2.12. The van der Waals surface area contributed by atoms with Gasteiger partial charge in [0.05, 0.1) is 18.6 Å². The van der Waals surface area contributed by atoms with Gasteiger partial charge in [-0.05, 0) is 61.1 Å². The van der Waals surface area contributed by atoms with E-state index in [0.717, 1.165) is 23.3 Å². The van der Waals surface area contributed by atoms with Crippen LogP contribution in [0.4, 0.5) is 5.69 Å². The first-order chi connectivity index (χ1) is 13.5. The van der Waals surface area contributed by atoms with Crippen LogP contribution in [-0.4, -0.2) is 31.3 Å². The third-order valence-corrected chi connectivity index (χ3v) is 5.92. The molecule has 5 nitrogen and oxygen atoms in total. The summed E-state index contributed by atoms with van der Waals surface area (Å²) in [6.45, 7) is 1.47. The number of rotatable bonds is 7. The summed E-state index contributed by atoms with van der Waals surface area (Å²) in [6, 6.07) is 9.65. The summed E-state index contributed by atoms with van der Waals surface area (Å²) >= 11 is 7.47. The van der Waals surface area contributed by atoms with Gasteiger partial charge in [0.15, 0.2) is 6.61 Å². The second-order valence-electron chi connectivity index (χ2n) is 6.58. The van der Waals surface area contributed by atoms with E-state index in [4.69, 9.17) is 21.1 Å². The van der Waals surface area contributed by atoms with Gasteiger partial charge in [0.1, 0.15) is 5.75 Å². The number of esters is 1. The highest BCUT2D eigenvalue weighted by atomic mass is 35.5. The standard InChI is InChI=1S/C21H22ClNO4S/c1-13-8-18(19(26-2)10-17(13)22)23-20(24)11-27-21(25)12-28-16-7-6-14-4-3-5-15(14)9-16/h6-10H,3-5,11-12H2,1-2H3,(H,23,24). The van der Waals surface area contributed by atoms with Gasteiger partial charge in [0, 0.05) is 16.0 Å². The molecule has 1 aliphatic rings. The molecule has 2 aromatic carbocycles. The van der Waals surface area contributed by atoms with E-state index in [0.29, 0.717) is 16.5 Å². The molecule has 7 heteroatoms. The molecule has 0 saturated heterocycles. The fraction of sp³-hybridized carbons (Fsp3) is 0.333. The minimum atomic E-state index is -0.434. The molecule has 1 N–H and O–H groups in total. The van der Waals surface area contributed by atoms with E-state index in [9.17, 15) is 9.59 Å². The van der Waals surface area contributed by atoms with Gasteiger partial charge in [0.25, 0.3) is 5.91 Å². The molecule has 0 atom stereocenters. The van der Waals surface area contributed by atoms with E-state index in [1.807, 2.05) is 13.0 Å². The van der Waals surface area contributed by atoms with Crippen molar-refractivity contribution < 1.29 is 19.1 Å². The van der Waals surface area contributed by atoms with Gasteiger partial charge < -0.3 is 14.8 Å². The van der Waals surface area contributed by atoms with Gasteiger partial charge in [-0.3, -0.25) is 9.59 Å². The van der Waals surface area contributed by atoms with Crippen molar-refractivity contribution in [3.63, 3.8) is 0 Å². The van der Waals surface area contributed by atoms with E-state index in [-0.39, 0.29) is 12.4 Å². The number of methoxy groups -OCH3 is 1. The Kier molecular flexibility index (Phi) is 6.86. The number of anilines is 1. The molecule has 1 amide bonds. The van der Waals surface area contributed by atoms with Crippen LogP contribution in [0.1, 0.15) is 23.1 Å². The zero-order valence-electron chi connectivity index (χ0n) is 15.8. The number of amides is 1. The zero-order chi connectivity index (χ0) is 20.1. The Morgan fingerprint density at radius 2 is 1.96 bits per heavy atom.